The Morgan fingerprint density at radius 1 is 1.30 bits per heavy atom. The van der Waals surface area contributed by atoms with Gasteiger partial charge in [0.05, 0.1) is 11.0 Å². The summed E-state index contributed by atoms with van der Waals surface area (Å²) in [5.74, 6) is 1.16. The molecule has 108 valence electrons. The molecule has 3 rings (SSSR count). The first-order valence-corrected chi connectivity index (χ1v) is 7.96. The highest BCUT2D eigenvalue weighted by Gasteiger charge is 2.25. The van der Waals surface area contributed by atoms with Crippen molar-refractivity contribution in [2.75, 3.05) is 6.54 Å². The number of benzene rings is 1. The van der Waals surface area contributed by atoms with Gasteiger partial charge in [0.1, 0.15) is 5.82 Å². The number of rotatable bonds is 4. The maximum Gasteiger partial charge on any atom is 0.106 e. The van der Waals surface area contributed by atoms with Gasteiger partial charge in [-0.15, -0.1) is 0 Å². The van der Waals surface area contributed by atoms with Gasteiger partial charge < -0.3 is 9.88 Å². The van der Waals surface area contributed by atoms with Crippen LogP contribution in [0.3, 0.4) is 0 Å². The van der Waals surface area contributed by atoms with Crippen LogP contribution < -0.4 is 5.32 Å². The second-order valence-corrected chi connectivity index (χ2v) is 5.99. The number of hydrogen-bond donors (Lipinski definition) is 1. The third-order valence-corrected chi connectivity index (χ3v) is 4.47. The fourth-order valence-corrected chi connectivity index (χ4v) is 3.56. The Morgan fingerprint density at radius 2 is 2.15 bits per heavy atom. The molecule has 3 heteroatoms. The lowest BCUT2D eigenvalue weighted by molar-refractivity contribution is 0.286. The largest absolute Gasteiger partial charge is 0.325 e. The van der Waals surface area contributed by atoms with Crippen LogP contribution in [0, 0.1) is 6.92 Å². The van der Waals surface area contributed by atoms with Gasteiger partial charge in [-0.3, -0.25) is 0 Å². The molecule has 1 aromatic heterocycles. The molecule has 1 aliphatic carbocycles. The lowest BCUT2D eigenvalue weighted by atomic mass is 9.90. The van der Waals surface area contributed by atoms with E-state index in [0.717, 1.165) is 17.9 Å². The summed E-state index contributed by atoms with van der Waals surface area (Å²) in [5.41, 5.74) is 2.43. The second kappa shape index (κ2) is 5.96. The molecule has 0 amide bonds. The molecule has 2 unspecified atom stereocenters. The van der Waals surface area contributed by atoms with Crippen LogP contribution in [0.1, 0.15) is 50.9 Å². The molecule has 2 aromatic rings. The Morgan fingerprint density at radius 3 is 3.00 bits per heavy atom. The van der Waals surface area contributed by atoms with Crippen molar-refractivity contribution >= 4 is 11.0 Å². The molecule has 0 radical (unpaired) electrons. The summed E-state index contributed by atoms with van der Waals surface area (Å²) in [6, 6.07) is 9.80. The van der Waals surface area contributed by atoms with E-state index in [9.17, 15) is 0 Å². The zero-order valence-electron chi connectivity index (χ0n) is 12.6. The van der Waals surface area contributed by atoms with Crippen molar-refractivity contribution in [2.24, 2.45) is 0 Å². The predicted molar refractivity (Wildman–Crippen MR) is 84.1 cm³/mol. The zero-order valence-corrected chi connectivity index (χ0v) is 12.6. The summed E-state index contributed by atoms with van der Waals surface area (Å²) in [4.78, 5) is 4.72. The number of nitrogens with zero attached hydrogens (tertiary/aromatic N) is 2. The molecule has 3 nitrogen and oxygen atoms in total. The Hall–Kier alpha value is -1.35. The van der Waals surface area contributed by atoms with Crippen molar-refractivity contribution in [3.8, 4) is 0 Å². The average molecular weight is 271 g/mol. The van der Waals surface area contributed by atoms with Crippen LogP contribution in [0.25, 0.3) is 11.0 Å². The monoisotopic (exact) mass is 271 g/mol. The highest BCUT2D eigenvalue weighted by molar-refractivity contribution is 5.76. The molecular weight excluding hydrogens is 246 g/mol. The minimum atomic E-state index is 0.602. The summed E-state index contributed by atoms with van der Waals surface area (Å²) in [5, 5.41) is 3.70. The molecule has 0 spiro atoms. The minimum Gasteiger partial charge on any atom is -0.325 e. The van der Waals surface area contributed by atoms with Crippen LogP contribution in [0.15, 0.2) is 24.3 Å². The van der Waals surface area contributed by atoms with E-state index < -0.39 is 0 Å². The Bertz CT molecular complexity index is 573. The first-order chi connectivity index (χ1) is 9.79. The first-order valence-electron chi connectivity index (χ1n) is 7.96. The summed E-state index contributed by atoms with van der Waals surface area (Å²) in [7, 11) is 0. The maximum absolute atomic E-state index is 4.72. The maximum atomic E-state index is 4.72. The van der Waals surface area contributed by atoms with Gasteiger partial charge in [0, 0.05) is 12.1 Å². The summed E-state index contributed by atoms with van der Waals surface area (Å²) >= 11 is 0. The van der Waals surface area contributed by atoms with Crippen LogP contribution in [-0.2, 0) is 0 Å². The van der Waals surface area contributed by atoms with Crippen LogP contribution in [-0.4, -0.2) is 22.1 Å². The second-order valence-electron chi connectivity index (χ2n) is 5.99. The quantitative estimate of drug-likeness (QED) is 0.916. The summed E-state index contributed by atoms with van der Waals surface area (Å²) in [6.45, 7) is 5.52. The van der Waals surface area contributed by atoms with Gasteiger partial charge >= 0.3 is 0 Å². The van der Waals surface area contributed by atoms with Crippen molar-refractivity contribution in [1.29, 1.82) is 0 Å². The normalized spacial score (nSPS) is 23.3. The van der Waals surface area contributed by atoms with E-state index in [0.29, 0.717) is 12.1 Å². The standard InChI is InChI=1S/C17H25N3/c1-3-11-18-14-7-6-8-15(12-14)20-13(2)19-16-9-4-5-10-17(16)20/h4-5,9-10,14-15,18H,3,6-8,11-12H2,1-2H3. The molecular formula is C17H25N3. The van der Waals surface area contributed by atoms with Crippen molar-refractivity contribution in [3.05, 3.63) is 30.1 Å². The molecule has 2 atom stereocenters. The SMILES string of the molecule is CCCNC1CCCC(n2c(C)nc3ccccc32)C1. The highest BCUT2D eigenvalue weighted by atomic mass is 15.1. The molecule has 0 saturated heterocycles. The van der Waals surface area contributed by atoms with Crippen LogP contribution >= 0.6 is 0 Å². The van der Waals surface area contributed by atoms with E-state index in [1.165, 1.54) is 37.6 Å². The lowest BCUT2D eigenvalue weighted by Gasteiger charge is -2.31. The van der Waals surface area contributed by atoms with Gasteiger partial charge in [-0.05, 0) is 57.7 Å². The summed E-state index contributed by atoms with van der Waals surface area (Å²) < 4.78 is 2.47. The summed E-state index contributed by atoms with van der Waals surface area (Å²) in [6.07, 6.45) is 6.38. The number of imidazole rings is 1. The Kier molecular flexibility index (Phi) is 4.06. The van der Waals surface area contributed by atoms with Gasteiger partial charge in [0.2, 0.25) is 0 Å². The Balaban J connectivity index is 1.85. The van der Waals surface area contributed by atoms with Gasteiger partial charge in [0.25, 0.3) is 0 Å². The van der Waals surface area contributed by atoms with E-state index in [4.69, 9.17) is 4.98 Å². The molecule has 0 bridgehead atoms. The number of hydrogen-bond acceptors (Lipinski definition) is 2. The van der Waals surface area contributed by atoms with Crippen molar-refractivity contribution in [3.63, 3.8) is 0 Å². The molecule has 1 aliphatic rings. The van der Waals surface area contributed by atoms with Gasteiger partial charge in [-0.25, -0.2) is 4.98 Å². The van der Waals surface area contributed by atoms with Crippen LogP contribution in [0.5, 0.6) is 0 Å². The molecule has 0 aliphatic heterocycles. The first kappa shape index (κ1) is 13.6. The molecule has 1 fully saturated rings. The number of aromatic nitrogens is 2. The molecule has 1 heterocycles. The fraction of sp³-hybridized carbons (Fsp3) is 0.588. The number of nitrogens with one attached hydrogen (secondary N) is 1. The van der Waals surface area contributed by atoms with Gasteiger partial charge in [-0.2, -0.15) is 0 Å². The van der Waals surface area contributed by atoms with E-state index in [1.807, 2.05) is 0 Å². The van der Waals surface area contributed by atoms with Crippen molar-refractivity contribution in [2.45, 2.75) is 58.0 Å². The minimum absolute atomic E-state index is 0.602. The van der Waals surface area contributed by atoms with Gasteiger partial charge in [-0.1, -0.05) is 19.1 Å². The number of fused-ring (bicyclic) bond motifs is 1. The fourth-order valence-electron chi connectivity index (χ4n) is 3.56. The van der Waals surface area contributed by atoms with Crippen molar-refractivity contribution in [1.82, 2.24) is 14.9 Å². The van der Waals surface area contributed by atoms with E-state index in [-0.39, 0.29) is 0 Å². The third kappa shape index (κ3) is 2.59. The lowest BCUT2D eigenvalue weighted by Crippen LogP contribution is -2.35. The number of para-hydroxylation sites is 2. The van der Waals surface area contributed by atoms with Crippen molar-refractivity contribution < 1.29 is 0 Å². The van der Waals surface area contributed by atoms with Crippen LogP contribution in [0.4, 0.5) is 0 Å². The average Bonchev–Trinajstić information content (AvgIpc) is 2.81. The van der Waals surface area contributed by atoms with E-state index in [1.54, 1.807) is 0 Å². The smallest absolute Gasteiger partial charge is 0.106 e. The highest BCUT2D eigenvalue weighted by Crippen LogP contribution is 2.32. The zero-order chi connectivity index (χ0) is 13.9. The molecule has 20 heavy (non-hydrogen) atoms. The van der Waals surface area contributed by atoms with E-state index in [2.05, 4.69) is 48.0 Å². The Labute approximate surface area is 121 Å². The van der Waals surface area contributed by atoms with E-state index >= 15 is 0 Å². The third-order valence-electron chi connectivity index (χ3n) is 4.47. The molecule has 1 saturated carbocycles. The molecule has 1 N–H and O–H groups in total. The topological polar surface area (TPSA) is 29.9 Å². The predicted octanol–water partition coefficient (Wildman–Crippen LogP) is 3.83. The van der Waals surface area contributed by atoms with Crippen LogP contribution in [0.2, 0.25) is 0 Å². The number of aryl methyl sites for hydroxylation is 1. The molecule has 1 aromatic carbocycles. The van der Waals surface area contributed by atoms with Gasteiger partial charge in [0.15, 0.2) is 0 Å².